The molecule has 0 radical (unpaired) electrons. The number of aryl methyl sites for hydroxylation is 3. The van der Waals surface area contributed by atoms with Gasteiger partial charge >= 0.3 is 0 Å². The first-order chi connectivity index (χ1) is 12.3. The zero-order valence-corrected chi connectivity index (χ0v) is 16.1. The maximum Gasteiger partial charge on any atom is 0.262 e. The van der Waals surface area contributed by atoms with E-state index in [1.54, 1.807) is 12.1 Å². The van der Waals surface area contributed by atoms with E-state index in [0.29, 0.717) is 16.5 Å². The average Bonchev–Trinajstić information content (AvgIpc) is 2.90. The summed E-state index contributed by atoms with van der Waals surface area (Å²) in [4.78, 5) is 0.311. The Kier molecular flexibility index (Phi) is 4.07. The van der Waals surface area contributed by atoms with Gasteiger partial charge in [-0.3, -0.25) is 4.72 Å². The molecular formula is C21H23NO3S. The van der Waals surface area contributed by atoms with Crippen molar-refractivity contribution in [3.8, 4) is 0 Å². The van der Waals surface area contributed by atoms with Crippen LogP contribution in [-0.4, -0.2) is 8.42 Å². The first-order valence-electron chi connectivity index (χ1n) is 8.98. The number of hydrogen-bond donors (Lipinski definition) is 1. The third-order valence-electron chi connectivity index (χ3n) is 5.17. The molecule has 0 aliphatic heterocycles. The Morgan fingerprint density at radius 3 is 2.69 bits per heavy atom. The monoisotopic (exact) mass is 369 g/mol. The zero-order chi connectivity index (χ0) is 18.5. The number of furan rings is 1. The van der Waals surface area contributed by atoms with Crippen LogP contribution in [0.1, 0.15) is 35.8 Å². The van der Waals surface area contributed by atoms with Gasteiger partial charge in [0.15, 0.2) is 0 Å². The lowest BCUT2D eigenvalue weighted by Crippen LogP contribution is -2.14. The van der Waals surface area contributed by atoms with Gasteiger partial charge in [0.1, 0.15) is 11.3 Å². The summed E-state index contributed by atoms with van der Waals surface area (Å²) in [5, 5.41) is 1.02. The number of sulfonamides is 1. The standard InChI is InChI=1S/C21H23NO3S/c1-13-5-9-21(15(3)10-13)26(23,24)22-16-6-8-19-18(12-16)17-7-4-14(2)11-20(17)25-19/h5-6,8-10,12,14,22H,4,7,11H2,1-3H3. The number of nitrogens with one attached hydrogen (secondary N) is 1. The summed E-state index contributed by atoms with van der Waals surface area (Å²) in [5.74, 6) is 1.68. The van der Waals surface area contributed by atoms with Gasteiger partial charge in [-0.15, -0.1) is 0 Å². The molecule has 26 heavy (non-hydrogen) atoms. The Morgan fingerprint density at radius 2 is 1.92 bits per heavy atom. The van der Waals surface area contributed by atoms with E-state index in [1.807, 2.05) is 38.1 Å². The fourth-order valence-electron chi connectivity index (χ4n) is 3.82. The normalized spacial score (nSPS) is 17.3. The van der Waals surface area contributed by atoms with E-state index < -0.39 is 10.0 Å². The molecule has 3 aromatic rings. The van der Waals surface area contributed by atoms with Gasteiger partial charge in [0, 0.05) is 23.1 Å². The number of benzene rings is 2. The van der Waals surface area contributed by atoms with Crippen molar-refractivity contribution in [1.82, 2.24) is 0 Å². The van der Waals surface area contributed by atoms with Crippen LogP contribution in [0.25, 0.3) is 11.0 Å². The van der Waals surface area contributed by atoms with Crippen molar-refractivity contribution in [2.75, 3.05) is 4.72 Å². The van der Waals surface area contributed by atoms with Crippen molar-refractivity contribution in [1.29, 1.82) is 0 Å². The molecule has 0 amide bonds. The zero-order valence-electron chi connectivity index (χ0n) is 15.3. The first-order valence-corrected chi connectivity index (χ1v) is 10.5. The van der Waals surface area contributed by atoms with Crippen LogP contribution < -0.4 is 4.72 Å². The lowest BCUT2D eigenvalue weighted by molar-refractivity contribution is 0.426. The molecule has 1 unspecified atom stereocenters. The van der Waals surface area contributed by atoms with E-state index >= 15 is 0 Å². The predicted molar refractivity (Wildman–Crippen MR) is 104 cm³/mol. The third-order valence-corrected chi connectivity index (χ3v) is 6.71. The van der Waals surface area contributed by atoms with Gasteiger partial charge in [-0.1, -0.05) is 24.6 Å². The second kappa shape index (κ2) is 6.16. The van der Waals surface area contributed by atoms with Crippen LogP contribution in [0.15, 0.2) is 45.7 Å². The maximum absolute atomic E-state index is 12.8. The van der Waals surface area contributed by atoms with Crippen molar-refractivity contribution in [2.45, 2.75) is 44.9 Å². The molecule has 4 rings (SSSR count). The molecule has 1 atom stereocenters. The molecule has 136 valence electrons. The fraction of sp³-hybridized carbons (Fsp3) is 0.333. The van der Waals surface area contributed by atoms with Crippen LogP contribution in [0.3, 0.4) is 0 Å². The second-order valence-electron chi connectivity index (χ2n) is 7.44. The van der Waals surface area contributed by atoms with E-state index in [2.05, 4.69) is 11.6 Å². The Bertz CT molecular complexity index is 1100. The summed E-state index contributed by atoms with van der Waals surface area (Å²) in [7, 11) is -3.62. The number of fused-ring (bicyclic) bond motifs is 3. The highest BCUT2D eigenvalue weighted by molar-refractivity contribution is 7.92. The summed E-state index contributed by atoms with van der Waals surface area (Å²) in [6.45, 7) is 6.01. The molecule has 2 aromatic carbocycles. The molecule has 0 fully saturated rings. The van der Waals surface area contributed by atoms with Gasteiger partial charge in [0.25, 0.3) is 10.0 Å². The second-order valence-corrected chi connectivity index (χ2v) is 9.09. The maximum atomic E-state index is 12.8. The van der Waals surface area contributed by atoms with Gasteiger partial charge in [-0.25, -0.2) is 8.42 Å². The van der Waals surface area contributed by atoms with Gasteiger partial charge in [0.05, 0.1) is 4.90 Å². The third kappa shape index (κ3) is 3.01. The minimum Gasteiger partial charge on any atom is -0.461 e. The molecule has 0 saturated heterocycles. The molecule has 0 spiro atoms. The van der Waals surface area contributed by atoms with Crippen molar-refractivity contribution >= 4 is 26.7 Å². The Labute approximate surface area is 154 Å². The lowest BCUT2D eigenvalue weighted by atomic mass is 9.88. The number of anilines is 1. The summed E-state index contributed by atoms with van der Waals surface area (Å²) in [5.41, 5.74) is 4.42. The molecule has 1 N–H and O–H groups in total. The summed E-state index contributed by atoms with van der Waals surface area (Å²) < 4.78 is 34.3. The van der Waals surface area contributed by atoms with Gasteiger partial charge < -0.3 is 4.42 Å². The predicted octanol–water partition coefficient (Wildman–Crippen LogP) is 4.98. The number of rotatable bonds is 3. The summed E-state index contributed by atoms with van der Waals surface area (Å²) >= 11 is 0. The van der Waals surface area contributed by atoms with E-state index in [0.717, 1.165) is 47.1 Å². The van der Waals surface area contributed by atoms with Crippen molar-refractivity contribution in [3.63, 3.8) is 0 Å². The molecule has 1 heterocycles. The molecule has 1 aromatic heterocycles. The Morgan fingerprint density at radius 1 is 1.12 bits per heavy atom. The van der Waals surface area contributed by atoms with Gasteiger partial charge in [-0.2, -0.15) is 0 Å². The quantitative estimate of drug-likeness (QED) is 0.709. The van der Waals surface area contributed by atoms with Crippen LogP contribution in [0.5, 0.6) is 0 Å². The van der Waals surface area contributed by atoms with Crippen LogP contribution in [0.2, 0.25) is 0 Å². The van der Waals surface area contributed by atoms with E-state index in [-0.39, 0.29) is 0 Å². The van der Waals surface area contributed by atoms with Crippen LogP contribution in [0, 0.1) is 19.8 Å². The molecular weight excluding hydrogens is 346 g/mol. The van der Waals surface area contributed by atoms with Crippen LogP contribution in [-0.2, 0) is 22.9 Å². The van der Waals surface area contributed by atoms with E-state index in [4.69, 9.17) is 4.42 Å². The largest absolute Gasteiger partial charge is 0.461 e. The SMILES string of the molecule is Cc1ccc(S(=O)(=O)Nc2ccc3oc4c(c3c2)CCC(C)C4)c(C)c1. The Hall–Kier alpha value is -2.27. The Balaban J connectivity index is 1.71. The summed E-state index contributed by atoms with van der Waals surface area (Å²) in [6, 6.07) is 10.9. The first kappa shape index (κ1) is 17.2. The summed E-state index contributed by atoms with van der Waals surface area (Å²) in [6.07, 6.45) is 3.07. The topological polar surface area (TPSA) is 59.3 Å². The molecule has 5 heteroatoms. The highest BCUT2D eigenvalue weighted by atomic mass is 32.2. The van der Waals surface area contributed by atoms with Crippen molar-refractivity contribution < 1.29 is 12.8 Å². The minimum absolute atomic E-state index is 0.311. The number of hydrogen-bond acceptors (Lipinski definition) is 3. The molecule has 0 saturated carbocycles. The minimum atomic E-state index is -3.62. The van der Waals surface area contributed by atoms with Crippen LogP contribution in [0.4, 0.5) is 5.69 Å². The van der Waals surface area contributed by atoms with E-state index in [9.17, 15) is 8.42 Å². The lowest BCUT2D eigenvalue weighted by Gasteiger charge is -2.16. The average molecular weight is 369 g/mol. The van der Waals surface area contributed by atoms with Crippen molar-refractivity contribution in [2.24, 2.45) is 5.92 Å². The fourth-order valence-corrected chi connectivity index (χ4v) is 5.10. The highest BCUT2D eigenvalue weighted by Crippen LogP contribution is 2.35. The van der Waals surface area contributed by atoms with Crippen molar-refractivity contribution in [3.05, 3.63) is 58.8 Å². The van der Waals surface area contributed by atoms with Crippen LogP contribution >= 0.6 is 0 Å². The molecule has 4 nitrogen and oxygen atoms in total. The van der Waals surface area contributed by atoms with Gasteiger partial charge in [-0.05, 0) is 62.4 Å². The molecule has 1 aliphatic carbocycles. The highest BCUT2D eigenvalue weighted by Gasteiger charge is 2.23. The van der Waals surface area contributed by atoms with E-state index in [1.165, 1.54) is 5.56 Å². The molecule has 1 aliphatic rings. The van der Waals surface area contributed by atoms with Gasteiger partial charge in [0.2, 0.25) is 0 Å². The molecule has 0 bridgehead atoms. The smallest absolute Gasteiger partial charge is 0.262 e.